The Labute approximate surface area is 140 Å². The smallest absolute Gasteiger partial charge is 0.263 e. The van der Waals surface area contributed by atoms with E-state index >= 15 is 0 Å². The highest BCUT2D eigenvalue weighted by Gasteiger charge is 2.14. The minimum atomic E-state index is -0.408. The number of nitrogens with one attached hydrogen (secondary N) is 1. The molecule has 0 fully saturated rings. The summed E-state index contributed by atoms with van der Waals surface area (Å²) >= 11 is 0. The normalized spacial score (nSPS) is 11.0. The zero-order valence-electron chi connectivity index (χ0n) is 13.7. The molecule has 3 aromatic rings. The second kappa shape index (κ2) is 6.66. The van der Waals surface area contributed by atoms with Gasteiger partial charge in [0.15, 0.2) is 0 Å². The first-order valence-corrected chi connectivity index (χ1v) is 7.91. The van der Waals surface area contributed by atoms with Crippen LogP contribution in [0.1, 0.15) is 24.2 Å². The van der Waals surface area contributed by atoms with E-state index < -0.39 is 5.91 Å². The molecule has 0 bridgehead atoms. The fourth-order valence-electron chi connectivity index (χ4n) is 2.64. The minimum absolute atomic E-state index is 0.138. The summed E-state index contributed by atoms with van der Waals surface area (Å²) in [5.74, 6) is -0.0837. The predicted molar refractivity (Wildman–Crippen MR) is 95.2 cm³/mol. The van der Waals surface area contributed by atoms with E-state index in [9.17, 15) is 9.59 Å². The van der Waals surface area contributed by atoms with Gasteiger partial charge in [0.05, 0.1) is 11.2 Å². The van der Waals surface area contributed by atoms with Crippen molar-refractivity contribution in [2.75, 3.05) is 5.32 Å². The van der Waals surface area contributed by atoms with Crippen molar-refractivity contribution in [3.8, 4) is 0 Å². The molecule has 5 heteroatoms. The molecule has 5 nitrogen and oxygen atoms in total. The monoisotopic (exact) mass is 321 g/mol. The van der Waals surface area contributed by atoms with Gasteiger partial charge in [0, 0.05) is 24.3 Å². The fraction of sp³-hybridized carbons (Fsp3) is 0.211. The van der Waals surface area contributed by atoms with E-state index in [1.54, 1.807) is 35.2 Å². The maximum absolute atomic E-state index is 12.6. The van der Waals surface area contributed by atoms with Crippen LogP contribution in [0.25, 0.3) is 10.9 Å². The first-order chi connectivity index (χ1) is 11.6. The van der Waals surface area contributed by atoms with E-state index in [-0.39, 0.29) is 11.1 Å². The van der Waals surface area contributed by atoms with E-state index in [4.69, 9.17) is 0 Å². The Bertz CT molecular complexity index is 939. The van der Waals surface area contributed by atoms with Crippen molar-refractivity contribution in [3.05, 3.63) is 70.8 Å². The van der Waals surface area contributed by atoms with Crippen molar-refractivity contribution in [1.82, 2.24) is 9.55 Å². The van der Waals surface area contributed by atoms with Gasteiger partial charge in [0.1, 0.15) is 5.56 Å². The summed E-state index contributed by atoms with van der Waals surface area (Å²) in [6, 6.07) is 12.6. The lowest BCUT2D eigenvalue weighted by Crippen LogP contribution is -2.29. The predicted octanol–water partition coefficient (Wildman–Crippen LogP) is 3.30. The molecule has 0 aliphatic carbocycles. The number of anilines is 1. The Morgan fingerprint density at radius 2 is 1.96 bits per heavy atom. The molecule has 1 N–H and O–H groups in total. The number of pyridine rings is 2. The molecule has 0 atom stereocenters. The number of benzene rings is 1. The lowest BCUT2D eigenvalue weighted by Gasteiger charge is -2.11. The molecule has 0 unspecified atom stereocenters. The maximum atomic E-state index is 12.6. The number of nitrogens with zero attached hydrogens (tertiary/aromatic N) is 2. The van der Waals surface area contributed by atoms with E-state index in [1.165, 1.54) is 0 Å². The van der Waals surface area contributed by atoms with Gasteiger partial charge in [-0.3, -0.25) is 14.6 Å². The Kier molecular flexibility index (Phi) is 4.42. The molecule has 0 saturated carbocycles. The number of aromatic nitrogens is 2. The van der Waals surface area contributed by atoms with Gasteiger partial charge in [0.2, 0.25) is 0 Å². The molecule has 122 valence electrons. The van der Waals surface area contributed by atoms with Crippen molar-refractivity contribution in [3.63, 3.8) is 0 Å². The van der Waals surface area contributed by atoms with Crippen LogP contribution >= 0.6 is 0 Å². The molecule has 2 heterocycles. The molecule has 2 aromatic heterocycles. The van der Waals surface area contributed by atoms with E-state index in [1.807, 2.05) is 38.1 Å². The van der Waals surface area contributed by atoms with Gasteiger partial charge in [-0.25, -0.2) is 0 Å². The number of carbonyl (C=O) groups is 1. The third-order valence-electron chi connectivity index (χ3n) is 3.72. The van der Waals surface area contributed by atoms with E-state index in [2.05, 4.69) is 10.3 Å². The van der Waals surface area contributed by atoms with Crippen LogP contribution < -0.4 is 10.9 Å². The number of hydrogen-bond donors (Lipinski definition) is 1. The maximum Gasteiger partial charge on any atom is 0.263 e. The van der Waals surface area contributed by atoms with Crippen LogP contribution in [0.3, 0.4) is 0 Å². The number of hydrogen-bond acceptors (Lipinski definition) is 3. The highest BCUT2D eigenvalue weighted by Crippen LogP contribution is 2.21. The van der Waals surface area contributed by atoms with Crippen LogP contribution in [0.2, 0.25) is 0 Å². The van der Waals surface area contributed by atoms with Crippen molar-refractivity contribution in [2.24, 2.45) is 5.92 Å². The summed E-state index contributed by atoms with van der Waals surface area (Å²) in [6.45, 7) is 4.64. The molecule has 0 aliphatic rings. The van der Waals surface area contributed by atoms with Crippen LogP contribution in [0.5, 0.6) is 0 Å². The van der Waals surface area contributed by atoms with Crippen molar-refractivity contribution in [1.29, 1.82) is 0 Å². The van der Waals surface area contributed by atoms with Gasteiger partial charge in [-0.1, -0.05) is 32.0 Å². The lowest BCUT2D eigenvalue weighted by molar-refractivity contribution is 0.102. The van der Waals surface area contributed by atoms with Crippen LogP contribution in [-0.2, 0) is 6.54 Å². The van der Waals surface area contributed by atoms with Crippen molar-refractivity contribution in [2.45, 2.75) is 20.4 Å². The fourth-order valence-corrected chi connectivity index (χ4v) is 2.64. The SMILES string of the molecule is CC(C)Cn1cccc(C(=O)Nc2ccnc3ccccc23)c1=O. The molecule has 0 radical (unpaired) electrons. The molecular weight excluding hydrogens is 302 g/mol. The Balaban J connectivity index is 1.94. The first kappa shape index (κ1) is 15.9. The van der Waals surface area contributed by atoms with Crippen LogP contribution in [-0.4, -0.2) is 15.5 Å². The number of fused-ring (bicyclic) bond motifs is 1. The van der Waals surface area contributed by atoms with Crippen LogP contribution in [0, 0.1) is 5.92 Å². The van der Waals surface area contributed by atoms with Gasteiger partial charge in [-0.05, 0) is 30.2 Å². The molecule has 0 saturated heterocycles. The number of amides is 1. The second-order valence-electron chi connectivity index (χ2n) is 6.10. The third kappa shape index (κ3) is 3.20. The summed E-state index contributed by atoms with van der Waals surface area (Å²) < 4.78 is 1.57. The molecule has 1 aromatic carbocycles. The van der Waals surface area contributed by atoms with Crippen LogP contribution in [0.4, 0.5) is 5.69 Å². The highest BCUT2D eigenvalue weighted by molar-refractivity contribution is 6.08. The number of carbonyl (C=O) groups excluding carboxylic acids is 1. The van der Waals surface area contributed by atoms with Crippen LogP contribution in [0.15, 0.2) is 59.7 Å². The molecule has 3 rings (SSSR count). The minimum Gasteiger partial charge on any atom is -0.321 e. The van der Waals surface area contributed by atoms with Crippen molar-refractivity contribution < 1.29 is 4.79 Å². The zero-order chi connectivity index (χ0) is 17.1. The Hall–Kier alpha value is -2.95. The summed E-state index contributed by atoms with van der Waals surface area (Å²) in [6.07, 6.45) is 3.35. The molecule has 24 heavy (non-hydrogen) atoms. The Morgan fingerprint density at radius 1 is 1.17 bits per heavy atom. The highest BCUT2D eigenvalue weighted by atomic mass is 16.2. The molecular formula is C19H19N3O2. The molecule has 0 aliphatic heterocycles. The van der Waals surface area contributed by atoms with Gasteiger partial charge in [-0.2, -0.15) is 0 Å². The second-order valence-corrected chi connectivity index (χ2v) is 6.10. The van der Waals surface area contributed by atoms with E-state index in [0.29, 0.717) is 18.2 Å². The largest absolute Gasteiger partial charge is 0.321 e. The Morgan fingerprint density at radius 3 is 2.75 bits per heavy atom. The topological polar surface area (TPSA) is 64.0 Å². The summed E-state index contributed by atoms with van der Waals surface area (Å²) in [7, 11) is 0. The standard InChI is InChI=1S/C19H19N3O2/c1-13(2)12-22-11-5-7-15(19(22)24)18(23)21-17-9-10-20-16-8-4-3-6-14(16)17/h3-11,13H,12H2,1-2H3,(H,20,21,23). The van der Waals surface area contributed by atoms with Crippen molar-refractivity contribution >= 4 is 22.5 Å². The quantitative estimate of drug-likeness (QED) is 0.802. The average molecular weight is 321 g/mol. The molecule has 0 spiro atoms. The summed E-state index contributed by atoms with van der Waals surface area (Å²) in [5.41, 5.74) is 1.30. The number of rotatable bonds is 4. The van der Waals surface area contributed by atoms with E-state index in [0.717, 1.165) is 10.9 Å². The van der Waals surface area contributed by atoms with Gasteiger partial charge >= 0.3 is 0 Å². The van der Waals surface area contributed by atoms with Gasteiger partial charge < -0.3 is 9.88 Å². The number of para-hydroxylation sites is 1. The lowest BCUT2D eigenvalue weighted by atomic mass is 10.1. The first-order valence-electron chi connectivity index (χ1n) is 7.91. The summed E-state index contributed by atoms with van der Waals surface area (Å²) in [5, 5.41) is 3.67. The third-order valence-corrected chi connectivity index (χ3v) is 3.72. The average Bonchev–Trinajstić information content (AvgIpc) is 2.56. The van der Waals surface area contributed by atoms with Gasteiger partial charge in [-0.15, -0.1) is 0 Å². The summed E-state index contributed by atoms with van der Waals surface area (Å²) in [4.78, 5) is 29.3. The van der Waals surface area contributed by atoms with Gasteiger partial charge in [0.25, 0.3) is 11.5 Å². The molecule has 1 amide bonds. The zero-order valence-corrected chi connectivity index (χ0v) is 13.7.